The van der Waals surface area contributed by atoms with Crippen LogP contribution in [0.5, 0.6) is 0 Å². The maximum atomic E-state index is 12.2. The summed E-state index contributed by atoms with van der Waals surface area (Å²) in [6.07, 6.45) is 0. The van der Waals surface area contributed by atoms with Crippen molar-refractivity contribution in [3.05, 3.63) is 29.8 Å². The monoisotopic (exact) mass is 278 g/mol. The molecule has 6 nitrogen and oxygen atoms in total. The second-order valence-electron chi connectivity index (χ2n) is 4.33. The number of esters is 1. The van der Waals surface area contributed by atoms with E-state index in [1.165, 1.54) is 18.9 Å². The number of nitrogens with one attached hydrogen (secondary N) is 1. The van der Waals surface area contributed by atoms with Crippen molar-refractivity contribution in [2.24, 2.45) is 0 Å². The third kappa shape index (κ3) is 3.57. The van der Waals surface area contributed by atoms with Crippen LogP contribution < -0.4 is 10.2 Å². The Bertz CT molecular complexity index is 528. The molecule has 20 heavy (non-hydrogen) atoms. The van der Waals surface area contributed by atoms with Crippen molar-refractivity contribution in [1.82, 2.24) is 5.32 Å². The van der Waals surface area contributed by atoms with E-state index >= 15 is 0 Å². The van der Waals surface area contributed by atoms with Crippen LogP contribution >= 0.6 is 0 Å². The normalized spacial score (nSPS) is 11.4. The number of amides is 2. The van der Waals surface area contributed by atoms with Gasteiger partial charge < -0.3 is 15.0 Å². The van der Waals surface area contributed by atoms with Gasteiger partial charge in [-0.1, -0.05) is 12.1 Å². The van der Waals surface area contributed by atoms with Crippen molar-refractivity contribution in [2.45, 2.75) is 19.9 Å². The van der Waals surface area contributed by atoms with Crippen LogP contribution in [0.1, 0.15) is 24.2 Å². The summed E-state index contributed by atoms with van der Waals surface area (Å²) in [6.45, 7) is 2.92. The minimum atomic E-state index is -0.678. The second kappa shape index (κ2) is 6.70. The second-order valence-corrected chi connectivity index (χ2v) is 4.33. The number of para-hydroxylation sites is 1. The van der Waals surface area contributed by atoms with Crippen LogP contribution in [0.4, 0.5) is 5.69 Å². The molecule has 0 aliphatic rings. The largest absolute Gasteiger partial charge is 0.465 e. The van der Waals surface area contributed by atoms with Crippen molar-refractivity contribution < 1.29 is 19.1 Å². The highest BCUT2D eigenvalue weighted by Crippen LogP contribution is 2.20. The van der Waals surface area contributed by atoms with E-state index in [0.717, 1.165) is 0 Å². The van der Waals surface area contributed by atoms with Gasteiger partial charge in [-0.3, -0.25) is 9.59 Å². The van der Waals surface area contributed by atoms with Crippen molar-refractivity contribution in [3.63, 3.8) is 0 Å². The highest BCUT2D eigenvalue weighted by atomic mass is 16.5. The number of likely N-dealkylation sites (N-methyl/N-ethyl adjacent to an activating group) is 1. The van der Waals surface area contributed by atoms with Crippen molar-refractivity contribution in [2.75, 3.05) is 19.1 Å². The lowest BCUT2D eigenvalue weighted by molar-refractivity contribution is -0.125. The van der Waals surface area contributed by atoms with Gasteiger partial charge in [0.1, 0.15) is 6.04 Å². The fourth-order valence-corrected chi connectivity index (χ4v) is 1.82. The molecule has 0 radical (unpaired) electrons. The molecule has 0 aromatic heterocycles. The number of nitrogens with zero attached hydrogens (tertiary/aromatic N) is 1. The summed E-state index contributed by atoms with van der Waals surface area (Å²) in [5.41, 5.74) is 0.724. The third-order valence-electron chi connectivity index (χ3n) is 2.79. The van der Waals surface area contributed by atoms with Crippen LogP contribution in [0.2, 0.25) is 0 Å². The molecule has 6 heteroatoms. The van der Waals surface area contributed by atoms with E-state index in [-0.39, 0.29) is 11.8 Å². The number of methoxy groups -OCH3 is 1. The minimum Gasteiger partial charge on any atom is -0.465 e. The number of benzene rings is 1. The van der Waals surface area contributed by atoms with E-state index in [2.05, 4.69) is 10.1 Å². The van der Waals surface area contributed by atoms with Gasteiger partial charge in [-0.15, -0.1) is 0 Å². The zero-order valence-electron chi connectivity index (χ0n) is 12.0. The summed E-state index contributed by atoms with van der Waals surface area (Å²) in [6, 6.07) is 5.95. The van der Waals surface area contributed by atoms with Gasteiger partial charge in [-0.25, -0.2) is 4.79 Å². The van der Waals surface area contributed by atoms with E-state index < -0.39 is 12.0 Å². The summed E-state index contributed by atoms with van der Waals surface area (Å²) in [5.74, 6) is -1.13. The summed E-state index contributed by atoms with van der Waals surface area (Å²) in [4.78, 5) is 36.2. The quantitative estimate of drug-likeness (QED) is 0.832. The average molecular weight is 278 g/mol. The molecule has 0 aliphatic carbocycles. The maximum absolute atomic E-state index is 12.2. The molecule has 1 N–H and O–H groups in total. The molecule has 0 saturated carbocycles. The molecule has 108 valence electrons. The molecule has 1 aromatic rings. The first-order valence-corrected chi connectivity index (χ1v) is 6.10. The standard InChI is InChI=1S/C14H18N2O4/c1-9(15-10(2)17)13(18)16(3)12-8-6-5-7-11(12)14(19)20-4/h5-9H,1-4H3,(H,15,17). The van der Waals surface area contributed by atoms with Gasteiger partial charge in [-0.05, 0) is 19.1 Å². The minimum absolute atomic E-state index is 0.291. The first-order chi connectivity index (χ1) is 9.38. The Morgan fingerprint density at radius 3 is 2.40 bits per heavy atom. The fraction of sp³-hybridized carbons (Fsp3) is 0.357. The summed E-state index contributed by atoms with van der Waals surface area (Å²) in [5, 5.41) is 2.51. The predicted octanol–water partition coefficient (Wildman–Crippen LogP) is 0.961. The first kappa shape index (κ1) is 15.7. The Morgan fingerprint density at radius 2 is 1.85 bits per heavy atom. The summed E-state index contributed by atoms with van der Waals surface area (Å²) >= 11 is 0. The van der Waals surface area contributed by atoms with E-state index in [1.807, 2.05) is 0 Å². The number of hydrogen-bond donors (Lipinski definition) is 1. The molecule has 0 spiro atoms. The molecule has 0 heterocycles. The van der Waals surface area contributed by atoms with E-state index in [4.69, 9.17) is 0 Å². The summed E-state index contributed by atoms with van der Waals surface area (Å²) in [7, 11) is 2.82. The fourth-order valence-electron chi connectivity index (χ4n) is 1.82. The molecule has 0 saturated heterocycles. The van der Waals surface area contributed by atoms with Crippen LogP contribution in [0.3, 0.4) is 0 Å². The van der Waals surface area contributed by atoms with Crippen LogP contribution in [-0.4, -0.2) is 38.0 Å². The zero-order chi connectivity index (χ0) is 15.3. The van der Waals surface area contributed by atoms with Gasteiger partial charge in [0.15, 0.2) is 0 Å². The molecular formula is C14H18N2O4. The maximum Gasteiger partial charge on any atom is 0.339 e. The van der Waals surface area contributed by atoms with Gasteiger partial charge >= 0.3 is 5.97 Å². The Labute approximate surface area is 117 Å². The molecular weight excluding hydrogens is 260 g/mol. The first-order valence-electron chi connectivity index (χ1n) is 6.10. The van der Waals surface area contributed by atoms with E-state index in [9.17, 15) is 14.4 Å². The van der Waals surface area contributed by atoms with Crippen LogP contribution in [-0.2, 0) is 14.3 Å². The number of carbonyl (C=O) groups excluding carboxylic acids is 3. The lowest BCUT2D eigenvalue weighted by atomic mass is 10.1. The molecule has 1 atom stereocenters. The Morgan fingerprint density at radius 1 is 1.25 bits per heavy atom. The van der Waals surface area contributed by atoms with Gasteiger partial charge in [0.25, 0.3) is 0 Å². The summed E-state index contributed by atoms with van der Waals surface area (Å²) < 4.78 is 4.69. The SMILES string of the molecule is COC(=O)c1ccccc1N(C)C(=O)C(C)NC(C)=O. The Balaban J connectivity index is 3.03. The van der Waals surface area contributed by atoms with Crippen molar-refractivity contribution in [1.29, 1.82) is 0 Å². The zero-order valence-corrected chi connectivity index (χ0v) is 12.0. The number of anilines is 1. The highest BCUT2D eigenvalue weighted by molar-refractivity contribution is 6.04. The lowest BCUT2D eigenvalue weighted by Gasteiger charge is -2.23. The number of rotatable bonds is 4. The van der Waals surface area contributed by atoms with Crippen molar-refractivity contribution in [3.8, 4) is 0 Å². The van der Waals surface area contributed by atoms with Gasteiger partial charge in [0.05, 0.1) is 18.4 Å². The molecule has 1 unspecified atom stereocenters. The van der Waals surface area contributed by atoms with Gasteiger partial charge in [0, 0.05) is 14.0 Å². The molecule has 0 aliphatic heterocycles. The highest BCUT2D eigenvalue weighted by Gasteiger charge is 2.23. The number of carbonyl (C=O) groups is 3. The predicted molar refractivity (Wildman–Crippen MR) is 74.5 cm³/mol. The van der Waals surface area contributed by atoms with Gasteiger partial charge in [-0.2, -0.15) is 0 Å². The van der Waals surface area contributed by atoms with Crippen molar-refractivity contribution >= 4 is 23.5 Å². The van der Waals surface area contributed by atoms with Crippen LogP contribution in [0.25, 0.3) is 0 Å². The molecule has 2 amide bonds. The number of hydrogen-bond acceptors (Lipinski definition) is 4. The lowest BCUT2D eigenvalue weighted by Crippen LogP contribution is -2.45. The van der Waals surface area contributed by atoms with Gasteiger partial charge in [0.2, 0.25) is 11.8 Å². The Hall–Kier alpha value is -2.37. The van der Waals surface area contributed by atoms with E-state index in [1.54, 1.807) is 38.2 Å². The molecule has 1 rings (SSSR count). The Kier molecular flexibility index (Phi) is 5.25. The molecule has 0 bridgehead atoms. The smallest absolute Gasteiger partial charge is 0.339 e. The molecule has 1 aromatic carbocycles. The molecule has 0 fully saturated rings. The average Bonchev–Trinajstić information content (AvgIpc) is 2.44. The third-order valence-corrected chi connectivity index (χ3v) is 2.79. The topological polar surface area (TPSA) is 75.7 Å². The van der Waals surface area contributed by atoms with E-state index in [0.29, 0.717) is 11.3 Å². The number of ether oxygens (including phenoxy) is 1. The van der Waals surface area contributed by atoms with Crippen LogP contribution in [0.15, 0.2) is 24.3 Å². The van der Waals surface area contributed by atoms with Crippen LogP contribution in [0, 0.1) is 0 Å².